The standard InChI is InChI=1S/C60H80N18O14S2/c1-32(79)70-43(24-34-15-17-37(80)18-16-34)53(86)71-41(14-8-22-67-60(63)64)51(84)77-47(29-93)57(90)73-42(19-20-49(81)82)52(85)76-46(26-36-28-65-31-69-36)56(89)74-44(23-33-9-3-2-4-10-33)54(87)72-40(13-7-21-66-59(61)62)50(83)75-45(55(88)78-48(30-94)58(91)92)25-35-27-68-39-12-6-5-11-38(35)39/h2-6,9-12,15-18,27-28,31,40-48,68,80,93-94H,7-8,13-14,19-26,29-30H2,1H3,(H,65,69)(H,70,79)(H,71,86)(H,72,87)(H,73,90)(H,74,89)(H,75,83)(H,76,85)(H,77,84)(H,78,88)(H,81,82)(H,91,92)(H4,61,62,66)(H4,63,64,67)/t40-,41-,42-,43-,44+,45-,46-,47-,48-/m0/s1. The molecule has 32 nitrogen and oxygen atoms in total. The average molecular weight is 1340 g/mol. The zero-order valence-corrected chi connectivity index (χ0v) is 53.0. The number of aliphatic carboxylic acids is 2. The maximum absolute atomic E-state index is 14.8. The van der Waals surface area contributed by atoms with Gasteiger partial charge in [0, 0.05) is 92.6 Å². The highest BCUT2D eigenvalue weighted by molar-refractivity contribution is 7.80. The molecule has 0 unspecified atom stereocenters. The van der Waals surface area contributed by atoms with Crippen LogP contribution in [0.1, 0.15) is 67.8 Å². The van der Waals surface area contributed by atoms with Gasteiger partial charge in [-0.15, -0.1) is 0 Å². The van der Waals surface area contributed by atoms with Crippen molar-refractivity contribution in [2.45, 2.75) is 126 Å². The number of aromatic hydroxyl groups is 1. The highest BCUT2D eigenvalue weighted by Crippen LogP contribution is 2.20. The van der Waals surface area contributed by atoms with Gasteiger partial charge in [-0.2, -0.15) is 25.3 Å². The fourth-order valence-corrected chi connectivity index (χ4v) is 10.1. The van der Waals surface area contributed by atoms with Crippen molar-refractivity contribution in [2.24, 2.45) is 32.9 Å². The SMILES string of the molecule is CC(=O)N[C@@H](Cc1ccc(O)cc1)C(=O)N[C@@H](CCCN=C(N)N)C(=O)N[C@@H](CS)C(=O)N[C@@H](CCC(=O)O)C(=O)N[C@@H](Cc1cnc[nH]1)C(=O)N[C@H](Cc1ccccc1)C(=O)N[C@@H](CCCN=C(N)N)C(=O)N[C@@H](Cc1c[nH]c2ccccc12)C(=O)N[C@@H](CS)C(=O)O. The van der Waals surface area contributed by atoms with Gasteiger partial charge in [0.25, 0.3) is 0 Å². The van der Waals surface area contributed by atoms with Crippen LogP contribution in [0.15, 0.2) is 108 Å². The Balaban J connectivity index is 1.42. The first-order chi connectivity index (χ1) is 44.8. The molecule has 0 aliphatic rings. The van der Waals surface area contributed by atoms with E-state index in [1.54, 1.807) is 60.8 Å². The number of nitrogens with two attached hydrogens (primary N) is 4. The summed E-state index contributed by atoms with van der Waals surface area (Å²) in [6, 6.07) is 7.85. The Bertz CT molecular complexity index is 3460. The highest BCUT2D eigenvalue weighted by Gasteiger charge is 2.36. The molecule has 0 radical (unpaired) electrons. The minimum atomic E-state index is -1.73. The molecule has 94 heavy (non-hydrogen) atoms. The van der Waals surface area contributed by atoms with Crippen molar-refractivity contribution < 1.29 is 68.1 Å². The molecule has 22 N–H and O–H groups in total. The van der Waals surface area contributed by atoms with Gasteiger partial charge in [0.05, 0.1) is 6.33 Å². The van der Waals surface area contributed by atoms with Crippen LogP contribution in [0.5, 0.6) is 5.75 Å². The number of nitrogens with zero attached hydrogens (tertiary/aromatic N) is 3. The lowest BCUT2D eigenvalue weighted by molar-refractivity contribution is -0.141. The van der Waals surface area contributed by atoms with Crippen molar-refractivity contribution in [1.82, 2.24) is 62.8 Å². The maximum Gasteiger partial charge on any atom is 0.327 e. The third kappa shape index (κ3) is 25.0. The summed E-state index contributed by atoms with van der Waals surface area (Å²) in [5.74, 6) is -12.2. The predicted octanol–water partition coefficient (Wildman–Crippen LogP) is -2.83. The van der Waals surface area contributed by atoms with Crippen molar-refractivity contribution in [3.8, 4) is 5.75 Å². The van der Waals surface area contributed by atoms with E-state index in [0.29, 0.717) is 27.6 Å². The number of rotatable bonds is 39. The number of aliphatic imine (C=N–C) groups is 2. The Labute approximate surface area is 550 Å². The zero-order chi connectivity index (χ0) is 68.9. The van der Waals surface area contributed by atoms with Crippen LogP contribution in [0.3, 0.4) is 0 Å². The van der Waals surface area contributed by atoms with Gasteiger partial charge in [-0.3, -0.25) is 57.9 Å². The molecule has 0 aliphatic heterocycles. The molecular weight excluding hydrogens is 1260 g/mol. The summed E-state index contributed by atoms with van der Waals surface area (Å²) in [6.45, 7) is 1.18. The Morgan fingerprint density at radius 1 is 0.500 bits per heavy atom. The van der Waals surface area contributed by atoms with Crippen molar-refractivity contribution in [3.05, 3.63) is 120 Å². The number of phenols is 1. The third-order valence-electron chi connectivity index (χ3n) is 14.4. The molecule has 5 aromatic rings. The van der Waals surface area contributed by atoms with Gasteiger partial charge in [-0.05, 0) is 67.0 Å². The smallest absolute Gasteiger partial charge is 0.327 e. The lowest BCUT2D eigenvalue weighted by Crippen LogP contribution is -2.61. The highest BCUT2D eigenvalue weighted by atomic mass is 32.1. The van der Waals surface area contributed by atoms with E-state index in [0.717, 1.165) is 0 Å². The van der Waals surface area contributed by atoms with E-state index in [9.17, 15) is 68.1 Å². The Morgan fingerprint density at radius 3 is 1.40 bits per heavy atom. The summed E-state index contributed by atoms with van der Waals surface area (Å²) >= 11 is 8.35. The average Bonchev–Trinajstić information content (AvgIpc) is 1.55. The number of thiol groups is 2. The molecule has 3 aromatic carbocycles. The topological polar surface area (TPSA) is 530 Å². The largest absolute Gasteiger partial charge is 0.508 e. The summed E-state index contributed by atoms with van der Waals surface area (Å²) in [4.78, 5) is 169. The molecule has 0 saturated heterocycles. The van der Waals surface area contributed by atoms with E-state index in [2.05, 4.69) is 98.0 Å². The molecule has 0 saturated carbocycles. The summed E-state index contributed by atoms with van der Waals surface area (Å²) in [6.07, 6.45) is 2.13. The number of carboxylic acid groups (broad SMARTS) is 2. The zero-order valence-electron chi connectivity index (χ0n) is 51.2. The van der Waals surface area contributed by atoms with Gasteiger partial charge in [-0.1, -0.05) is 60.7 Å². The molecule has 2 aromatic heterocycles. The fraction of sp³-hybridized carbons (Fsp3) is 0.400. The van der Waals surface area contributed by atoms with Gasteiger partial charge in [0.15, 0.2) is 11.9 Å². The number of carbonyl (C=O) groups excluding carboxylic acids is 9. The Hall–Kier alpha value is -10.4. The summed E-state index contributed by atoms with van der Waals surface area (Å²) < 4.78 is 0. The van der Waals surface area contributed by atoms with Crippen molar-refractivity contribution in [1.29, 1.82) is 0 Å². The van der Waals surface area contributed by atoms with Crippen molar-refractivity contribution >= 4 is 113 Å². The number of imidazole rings is 1. The predicted molar refractivity (Wildman–Crippen MR) is 351 cm³/mol. The lowest BCUT2D eigenvalue weighted by Gasteiger charge is -2.28. The number of phenolic OH excluding ortho intramolecular Hbond substituents is 1. The number of guanidine groups is 2. The number of aromatic amines is 2. The first-order valence-corrected chi connectivity index (χ1v) is 30.9. The number of hydrogen-bond acceptors (Lipinski definition) is 17. The molecule has 34 heteroatoms. The van der Waals surface area contributed by atoms with Gasteiger partial charge in [0.1, 0.15) is 60.1 Å². The molecular formula is C60H80N18O14S2. The molecule has 9 amide bonds. The number of nitrogens with one attached hydrogen (secondary N) is 11. The monoisotopic (exact) mass is 1340 g/mol. The summed E-state index contributed by atoms with van der Waals surface area (Å²) in [7, 11) is 0. The molecule has 5 rings (SSSR count). The molecule has 2 heterocycles. The second-order valence-corrected chi connectivity index (χ2v) is 22.4. The number of aromatic nitrogens is 3. The number of amides is 9. The summed E-state index contributed by atoms with van der Waals surface area (Å²) in [5.41, 5.74) is 24.8. The first-order valence-electron chi connectivity index (χ1n) is 29.7. The second kappa shape index (κ2) is 37.8. The number of hydrogen-bond donors (Lipinski definition) is 20. The normalized spacial score (nSPS) is 13.8. The van der Waals surface area contributed by atoms with Crippen LogP contribution >= 0.6 is 25.3 Å². The molecule has 506 valence electrons. The van der Waals surface area contributed by atoms with E-state index < -0.39 is 138 Å². The number of fused-ring (bicyclic) bond motifs is 1. The number of para-hydroxylation sites is 1. The number of carbonyl (C=O) groups is 11. The second-order valence-electron chi connectivity index (χ2n) is 21.7. The molecule has 0 fully saturated rings. The van der Waals surface area contributed by atoms with E-state index in [1.807, 2.05) is 0 Å². The maximum atomic E-state index is 14.8. The van der Waals surface area contributed by atoms with Crippen molar-refractivity contribution in [3.63, 3.8) is 0 Å². The van der Waals surface area contributed by atoms with Crippen LogP contribution in [-0.2, 0) is 78.4 Å². The van der Waals surface area contributed by atoms with E-state index >= 15 is 0 Å². The molecule has 0 spiro atoms. The summed E-state index contributed by atoms with van der Waals surface area (Å²) in [5, 5.41) is 53.2. The van der Waals surface area contributed by atoms with Crippen LogP contribution in [-0.4, -0.2) is 186 Å². The minimum absolute atomic E-state index is 0.0122. The van der Waals surface area contributed by atoms with Crippen LogP contribution < -0.4 is 70.8 Å². The van der Waals surface area contributed by atoms with Crippen molar-refractivity contribution in [2.75, 3.05) is 24.6 Å². The quantitative estimate of drug-likeness (QED) is 0.00816. The van der Waals surface area contributed by atoms with E-state index in [4.69, 9.17) is 22.9 Å². The van der Waals surface area contributed by atoms with Crippen LogP contribution in [0.2, 0.25) is 0 Å². The number of H-pyrrole nitrogens is 2. The lowest BCUT2D eigenvalue weighted by atomic mass is 10.0. The number of carboxylic acids is 2. The molecule has 0 bridgehead atoms. The molecule has 0 aliphatic carbocycles. The van der Waals surface area contributed by atoms with Gasteiger partial charge < -0.3 is 96.1 Å². The Kier molecular flexibility index (Phi) is 29.9. The van der Waals surface area contributed by atoms with Crippen LogP contribution in [0, 0.1) is 0 Å². The van der Waals surface area contributed by atoms with Crippen LogP contribution in [0.25, 0.3) is 10.9 Å². The van der Waals surface area contributed by atoms with E-state index in [1.165, 1.54) is 43.7 Å². The van der Waals surface area contributed by atoms with E-state index in [-0.39, 0.29) is 93.6 Å². The first kappa shape index (κ1) is 74.3. The fourth-order valence-electron chi connectivity index (χ4n) is 9.58. The third-order valence-corrected chi connectivity index (χ3v) is 15.1. The van der Waals surface area contributed by atoms with Crippen LogP contribution in [0.4, 0.5) is 0 Å². The molecule has 9 atom stereocenters. The van der Waals surface area contributed by atoms with Gasteiger partial charge in [-0.25, -0.2) is 9.78 Å². The minimum Gasteiger partial charge on any atom is -0.508 e. The van der Waals surface area contributed by atoms with Gasteiger partial charge >= 0.3 is 11.9 Å². The number of benzene rings is 3. The van der Waals surface area contributed by atoms with Gasteiger partial charge in [0.2, 0.25) is 53.2 Å². The Morgan fingerprint density at radius 2 is 0.926 bits per heavy atom.